The van der Waals surface area contributed by atoms with Crippen LogP contribution >= 0.6 is 0 Å². The molecule has 0 N–H and O–H groups in total. The molecule has 0 amide bonds. The molecule has 0 aliphatic heterocycles. The van der Waals surface area contributed by atoms with Gasteiger partial charge in [-0.25, -0.2) is 0 Å². The topological polar surface area (TPSA) is 0 Å². The van der Waals surface area contributed by atoms with Gasteiger partial charge in [0, 0.05) is 0 Å². The van der Waals surface area contributed by atoms with Crippen molar-refractivity contribution in [2.45, 2.75) is 6.42 Å². The van der Waals surface area contributed by atoms with Gasteiger partial charge in [-0.15, -0.1) is 0 Å². The fourth-order valence-electron chi connectivity index (χ4n) is 0.558. The van der Waals surface area contributed by atoms with Gasteiger partial charge in [-0.05, 0) is 6.42 Å². The molecule has 0 fully saturated rings. The van der Waals surface area contributed by atoms with Gasteiger partial charge in [0.15, 0.2) is 0 Å². The van der Waals surface area contributed by atoms with Crippen molar-refractivity contribution >= 4 is 0 Å². The summed E-state index contributed by atoms with van der Waals surface area (Å²) in [5, 5.41) is 0. The van der Waals surface area contributed by atoms with Gasteiger partial charge in [0.1, 0.15) is 0 Å². The zero-order valence-corrected chi connectivity index (χ0v) is 12.4. The van der Waals surface area contributed by atoms with Gasteiger partial charge in [0.25, 0.3) is 0 Å². The second-order valence-corrected chi connectivity index (χ2v) is 1.65. The first-order valence-corrected chi connectivity index (χ1v) is 2.40. The van der Waals surface area contributed by atoms with Crippen molar-refractivity contribution in [3.8, 4) is 0 Å². The number of hydrogen-bond donors (Lipinski definition) is 0. The van der Waals surface area contributed by atoms with E-state index in [9.17, 15) is 0 Å². The average Bonchev–Trinajstić information content (AvgIpc) is 1.69. The third-order valence-electron chi connectivity index (χ3n) is 0.959. The van der Waals surface area contributed by atoms with Crippen molar-refractivity contribution in [2.75, 3.05) is 0 Å². The molecule has 2 heteroatoms. The van der Waals surface area contributed by atoms with Gasteiger partial charge in [0.2, 0.25) is 0 Å². The zero-order chi connectivity index (χ0) is 5.11. The Labute approximate surface area is 87.0 Å². The first kappa shape index (κ1) is 12.3. The molecule has 0 aromatic heterocycles. The number of halogens is 1. The quantitative estimate of drug-likeness (QED) is 0.482. The fraction of sp³-hybridized carbons (Fsp3) is 0.143. The van der Waals surface area contributed by atoms with E-state index in [1.165, 1.54) is 5.57 Å². The van der Waals surface area contributed by atoms with Crippen LogP contribution in [0, 0.1) is 0 Å². The summed E-state index contributed by atoms with van der Waals surface area (Å²) in [6.45, 7) is 3.78. The summed E-state index contributed by atoms with van der Waals surface area (Å²) in [5.74, 6) is 0. The van der Waals surface area contributed by atoms with Gasteiger partial charge in [-0.2, -0.15) is 0 Å². The van der Waals surface area contributed by atoms with Crippen LogP contribution < -0.4 is 17.0 Å². The normalized spacial score (nSPS) is 14.0. The molecule has 0 aromatic rings. The van der Waals surface area contributed by atoms with Crippen LogP contribution in [0.15, 0.2) is 36.5 Å². The number of hydrogen-bond acceptors (Lipinski definition) is 0. The Morgan fingerprint density at radius 1 is 1.33 bits per heavy atom. The smallest absolute Gasteiger partial charge is 1.00 e. The molecule has 45 valence electrons. The van der Waals surface area contributed by atoms with Crippen LogP contribution in [0.4, 0.5) is 0 Å². The minimum Gasteiger partial charge on any atom is -1.00 e. The van der Waals surface area contributed by atoms with Crippen LogP contribution in [-0.4, -0.2) is 0 Å². The Hall–Kier alpha value is 0.635. The second kappa shape index (κ2) is 6.75. The van der Waals surface area contributed by atoms with Gasteiger partial charge in [0.05, 0.1) is 0 Å². The number of rotatable bonds is 0. The summed E-state index contributed by atoms with van der Waals surface area (Å²) in [5.41, 5.74) is 1.20. The van der Waals surface area contributed by atoms with Gasteiger partial charge in [-0.3, -0.25) is 0 Å². The molecule has 0 saturated carbocycles. The molecule has 1 rings (SSSR count). The Morgan fingerprint density at radius 2 is 2.00 bits per heavy atom. The van der Waals surface area contributed by atoms with Crippen molar-refractivity contribution in [2.24, 2.45) is 0 Å². The summed E-state index contributed by atoms with van der Waals surface area (Å²) in [4.78, 5) is 0. The minimum atomic E-state index is 0. The zero-order valence-electron chi connectivity index (χ0n) is 5.31. The van der Waals surface area contributed by atoms with Crippen LogP contribution in [-0.2, 0) is 27.7 Å². The Morgan fingerprint density at radius 3 is 2.22 bits per heavy atom. The molecular formula is C7H8BrHg. The molecular weight excluding hydrogens is 365 g/mol. The third kappa shape index (κ3) is 5.10. The molecule has 1 radical (unpaired) electrons. The largest absolute Gasteiger partial charge is 1.00 e. The first-order chi connectivity index (χ1) is 3.39. The van der Waals surface area contributed by atoms with Crippen LogP contribution in [0.3, 0.4) is 0 Å². The predicted octanol–water partition coefficient (Wildman–Crippen LogP) is -0.940. The SMILES string of the molecule is C=C1C=CC=CC1.[Br-].[Hg+]. The van der Waals surface area contributed by atoms with Crippen LogP contribution in [0.25, 0.3) is 0 Å². The maximum absolute atomic E-state index is 3.78. The predicted molar refractivity (Wildman–Crippen MR) is 32.0 cm³/mol. The van der Waals surface area contributed by atoms with Crippen molar-refractivity contribution < 1.29 is 44.7 Å². The second-order valence-electron chi connectivity index (χ2n) is 1.65. The standard InChI is InChI=1S/C7H8.BrH.Hg/c1-7-5-3-2-4-6-7;;/h2-5H,1,6H2;1H;/q;;+1/p-1. The maximum Gasteiger partial charge on any atom is 1.00 e. The molecule has 1 aliphatic carbocycles. The Kier molecular flexibility index (Phi) is 9.24. The van der Waals surface area contributed by atoms with Crippen molar-refractivity contribution in [1.29, 1.82) is 0 Å². The summed E-state index contributed by atoms with van der Waals surface area (Å²) >= 11 is 0. The molecule has 0 spiro atoms. The van der Waals surface area contributed by atoms with Crippen molar-refractivity contribution in [3.63, 3.8) is 0 Å². The molecule has 0 heterocycles. The van der Waals surface area contributed by atoms with E-state index in [-0.39, 0.29) is 44.7 Å². The average molecular weight is 373 g/mol. The Bertz CT molecular complexity index is 136. The minimum absolute atomic E-state index is 0. The number of allylic oxidation sites excluding steroid dienone is 5. The fourth-order valence-corrected chi connectivity index (χ4v) is 0.558. The van der Waals surface area contributed by atoms with Gasteiger partial charge >= 0.3 is 27.7 Å². The molecule has 9 heavy (non-hydrogen) atoms. The third-order valence-corrected chi connectivity index (χ3v) is 0.959. The van der Waals surface area contributed by atoms with E-state index in [0.29, 0.717) is 0 Å². The summed E-state index contributed by atoms with van der Waals surface area (Å²) in [6, 6.07) is 0. The molecule has 0 bridgehead atoms. The summed E-state index contributed by atoms with van der Waals surface area (Å²) in [6.07, 6.45) is 9.19. The van der Waals surface area contributed by atoms with Crippen LogP contribution in [0.5, 0.6) is 0 Å². The molecule has 0 nitrogen and oxygen atoms in total. The molecule has 1 aliphatic rings. The van der Waals surface area contributed by atoms with Crippen LogP contribution in [0.1, 0.15) is 6.42 Å². The monoisotopic (exact) mass is 373 g/mol. The molecule has 0 unspecified atom stereocenters. The molecule has 0 saturated heterocycles. The van der Waals surface area contributed by atoms with E-state index in [2.05, 4.69) is 12.7 Å². The van der Waals surface area contributed by atoms with E-state index in [1.807, 2.05) is 18.2 Å². The van der Waals surface area contributed by atoms with Crippen molar-refractivity contribution in [1.82, 2.24) is 0 Å². The maximum atomic E-state index is 3.78. The van der Waals surface area contributed by atoms with Gasteiger partial charge < -0.3 is 17.0 Å². The van der Waals surface area contributed by atoms with Gasteiger partial charge in [-0.1, -0.05) is 36.5 Å². The van der Waals surface area contributed by atoms with E-state index in [4.69, 9.17) is 0 Å². The van der Waals surface area contributed by atoms with E-state index in [1.54, 1.807) is 0 Å². The van der Waals surface area contributed by atoms with E-state index in [0.717, 1.165) is 6.42 Å². The van der Waals surface area contributed by atoms with E-state index >= 15 is 0 Å². The summed E-state index contributed by atoms with van der Waals surface area (Å²) in [7, 11) is 0. The van der Waals surface area contributed by atoms with E-state index < -0.39 is 0 Å². The van der Waals surface area contributed by atoms with Crippen molar-refractivity contribution in [3.05, 3.63) is 36.5 Å². The van der Waals surface area contributed by atoms with Crippen LogP contribution in [0.2, 0.25) is 0 Å². The Balaban J connectivity index is 0. The summed E-state index contributed by atoms with van der Waals surface area (Å²) < 4.78 is 0. The molecule has 0 aromatic carbocycles. The first-order valence-electron chi connectivity index (χ1n) is 2.40. The molecule has 0 atom stereocenters.